The summed E-state index contributed by atoms with van der Waals surface area (Å²) in [7, 11) is 0. The van der Waals surface area contributed by atoms with Gasteiger partial charge in [0.15, 0.2) is 0 Å². The molecule has 126 valence electrons. The highest BCUT2D eigenvalue weighted by atomic mass is 16.2. The molecule has 2 amide bonds. The van der Waals surface area contributed by atoms with E-state index in [1.165, 1.54) is 12.8 Å². The van der Waals surface area contributed by atoms with Gasteiger partial charge >= 0.3 is 0 Å². The van der Waals surface area contributed by atoms with E-state index in [-0.39, 0.29) is 11.8 Å². The van der Waals surface area contributed by atoms with Crippen LogP contribution in [0.1, 0.15) is 36.0 Å². The number of anilines is 1. The molecule has 0 radical (unpaired) electrons. The van der Waals surface area contributed by atoms with Crippen molar-refractivity contribution in [1.29, 1.82) is 0 Å². The molecule has 0 unspecified atom stereocenters. The summed E-state index contributed by atoms with van der Waals surface area (Å²) in [6.45, 7) is 4.34. The molecule has 1 aromatic carbocycles. The number of rotatable bonds is 8. The van der Waals surface area contributed by atoms with Gasteiger partial charge in [-0.3, -0.25) is 9.59 Å². The minimum absolute atomic E-state index is 0.0572. The van der Waals surface area contributed by atoms with Crippen LogP contribution in [0.4, 0.5) is 5.69 Å². The van der Waals surface area contributed by atoms with E-state index in [9.17, 15) is 9.59 Å². The van der Waals surface area contributed by atoms with Crippen LogP contribution in [0.15, 0.2) is 24.3 Å². The van der Waals surface area contributed by atoms with E-state index in [4.69, 9.17) is 5.73 Å². The number of nitrogens with two attached hydrogens (primary N) is 1. The van der Waals surface area contributed by atoms with E-state index < -0.39 is 0 Å². The van der Waals surface area contributed by atoms with E-state index in [0.29, 0.717) is 37.2 Å². The van der Waals surface area contributed by atoms with Crippen molar-refractivity contribution in [3.8, 4) is 0 Å². The molecule has 6 nitrogen and oxygen atoms in total. The SMILES string of the molecule is NCCCC(=O)Nc1ccc(C(=O)NCCN2CCCC2)cc1. The molecule has 4 N–H and O–H groups in total. The molecule has 1 fully saturated rings. The molecule has 0 aromatic heterocycles. The molecule has 1 saturated heterocycles. The van der Waals surface area contributed by atoms with Gasteiger partial charge in [0.05, 0.1) is 0 Å². The van der Waals surface area contributed by atoms with Crippen LogP contribution < -0.4 is 16.4 Å². The Kier molecular flexibility index (Phi) is 7.03. The first-order valence-corrected chi connectivity index (χ1v) is 8.29. The van der Waals surface area contributed by atoms with Gasteiger partial charge in [0.2, 0.25) is 5.91 Å². The largest absolute Gasteiger partial charge is 0.351 e. The average molecular weight is 318 g/mol. The van der Waals surface area contributed by atoms with Crippen LogP contribution in [-0.4, -0.2) is 49.4 Å². The topological polar surface area (TPSA) is 87.5 Å². The Morgan fingerprint density at radius 1 is 1.13 bits per heavy atom. The van der Waals surface area contributed by atoms with E-state index in [1.807, 2.05) is 0 Å². The normalized spacial score (nSPS) is 14.7. The molecule has 23 heavy (non-hydrogen) atoms. The van der Waals surface area contributed by atoms with Crippen molar-refractivity contribution in [3.63, 3.8) is 0 Å². The zero-order valence-electron chi connectivity index (χ0n) is 13.5. The number of hydrogen-bond acceptors (Lipinski definition) is 4. The lowest BCUT2D eigenvalue weighted by Gasteiger charge is -2.14. The van der Waals surface area contributed by atoms with Gasteiger partial charge in [0.25, 0.3) is 5.91 Å². The fourth-order valence-electron chi connectivity index (χ4n) is 2.63. The van der Waals surface area contributed by atoms with Crippen molar-refractivity contribution in [2.24, 2.45) is 5.73 Å². The lowest BCUT2D eigenvalue weighted by atomic mass is 10.2. The summed E-state index contributed by atoms with van der Waals surface area (Å²) in [5.74, 6) is -0.136. The highest BCUT2D eigenvalue weighted by Crippen LogP contribution is 2.10. The van der Waals surface area contributed by atoms with Gasteiger partial charge in [0.1, 0.15) is 0 Å². The molecular weight excluding hydrogens is 292 g/mol. The average Bonchev–Trinajstić information content (AvgIpc) is 3.07. The van der Waals surface area contributed by atoms with E-state index >= 15 is 0 Å². The minimum atomic E-state index is -0.0785. The maximum atomic E-state index is 12.1. The smallest absolute Gasteiger partial charge is 0.251 e. The van der Waals surface area contributed by atoms with Gasteiger partial charge in [-0.05, 0) is 63.2 Å². The van der Waals surface area contributed by atoms with Gasteiger partial charge < -0.3 is 21.3 Å². The highest BCUT2D eigenvalue weighted by molar-refractivity contribution is 5.95. The summed E-state index contributed by atoms with van der Waals surface area (Å²) in [5, 5.41) is 5.72. The molecule has 0 spiro atoms. The second-order valence-electron chi connectivity index (χ2n) is 5.82. The Bertz CT molecular complexity index is 510. The summed E-state index contributed by atoms with van der Waals surface area (Å²) >= 11 is 0. The molecule has 1 heterocycles. The molecule has 0 atom stereocenters. The molecule has 1 aromatic rings. The van der Waals surface area contributed by atoms with Gasteiger partial charge in [0, 0.05) is 30.8 Å². The first-order valence-electron chi connectivity index (χ1n) is 8.29. The Balaban J connectivity index is 1.74. The van der Waals surface area contributed by atoms with Crippen LogP contribution in [0, 0.1) is 0 Å². The standard InChI is InChI=1S/C17H26N4O2/c18-9-3-4-16(22)20-15-7-5-14(6-8-15)17(23)19-10-13-21-11-1-2-12-21/h5-8H,1-4,9-13,18H2,(H,19,23)(H,20,22). The summed E-state index contributed by atoms with van der Waals surface area (Å²) in [6, 6.07) is 6.94. The van der Waals surface area contributed by atoms with Crippen molar-refractivity contribution in [2.45, 2.75) is 25.7 Å². The number of carbonyl (C=O) groups is 2. The summed E-state index contributed by atoms with van der Waals surface area (Å²) in [6.07, 6.45) is 3.59. The molecule has 1 aliphatic rings. The van der Waals surface area contributed by atoms with Gasteiger partial charge in [-0.2, -0.15) is 0 Å². The Hall–Kier alpha value is -1.92. The molecule has 6 heteroatoms. The van der Waals surface area contributed by atoms with E-state index in [0.717, 1.165) is 19.6 Å². The van der Waals surface area contributed by atoms with Gasteiger partial charge in [-0.25, -0.2) is 0 Å². The van der Waals surface area contributed by atoms with Crippen LogP contribution in [0.3, 0.4) is 0 Å². The van der Waals surface area contributed by atoms with Crippen LogP contribution >= 0.6 is 0 Å². The number of likely N-dealkylation sites (tertiary alicyclic amines) is 1. The number of carbonyl (C=O) groups excluding carboxylic acids is 2. The molecule has 0 aliphatic carbocycles. The second kappa shape index (κ2) is 9.27. The first kappa shape index (κ1) is 17.4. The zero-order valence-corrected chi connectivity index (χ0v) is 13.5. The van der Waals surface area contributed by atoms with Gasteiger partial charge in [-0.1, -0.05) is 0 Å². The molecule has 1 aliphatic heterocycles. The lowest BCUT2D eigenvalue weighted by molar-refractivity contribution is -0.116. The van der Waals surface area contributed by atoms with Crippen LogP contribution in [0.25, 0.3) is 0 Å². The predicted molar refractivity (Wildman–Crippen MR) is 91.4 cm³/mol. The summed E-state index contributed by atoms with van der Waals surface area (Å²) in [4.78, 5) is 26.0. The van der Waals surface area contributed by atoms with Crippen LogP contribution in [0.5, 0.6) is 0 Å². The molecule has 2 rings (SSSR count). The van der Waals surface area contributed by atoms with E-state index in [1.54, 1.807) is 24.3 Å². The number of amides is 2. The van der Waals surface area contributed by atoms with Crippen LogP contribution in [-0.2, 0) is 4.79 Å². The summed E-state index contributed by atoms with van der Waals surface area (Å²) in [5.41, 5.74) is 6.67. The van der Waals surface area contributed by atoms with Gasteiger partial charge in [-0.15, -0.1) is 0 Å². The zero-order chi connectivity index (χ0) is 16.5. The third-order valence-electron chi connectivity index (χ3n) is 3.95. The quantitative estimate of drug-likeness (QED) is 0.672. The Morgan fingerprint density at radius 2 is 1.83 bits per heavy atom. The van der Waals surface area contributed by atoms with Crippen molar-refractivity contribution in [3.05, 3.63) is 29.8 Å². The fraction of sp³-hybridized carbons (Fsp3) is 0.529. The molecular formula is C17H26N4O2. The van der Waals surface area contributed by atoms with E-state index in [2.05, 4.69) is 15.5 Å². The first-order chi connectivity index (χ1) is 11.2. The maximum absolute atomic E-state index is 12.1. The van der Waals surface area contributed by atoms with Crippen molar-refractivity contribution in [2.75, 3.05) is 38.0 Å². The third kappa shape index (κ3) is 6.00. The summed E-state index contributed by atoms with van der Waals surface area (Å²) < 4.78 is 0. The number of hydrogen-bond donors (Lipinski definition) is 3. The number of nitrogens with one attached hydrogen (secondary N) is 2. The van der Waals surface area contributed by atoms with Crippen LogP contribution in [0.2, 0.25) is 0 Å². The lowest BCUT2D eigenvalue weighted by Crippen LogP contribution is -2.33. The Labute approximate surface area is 137 Å². The molecule has 0 saturated carbocycles. The molecule has 0 bridgehead atoms. The second-order valence-corrected chi connectivity index (χ2v) is 5.82. The fourth-order valence-corrected chi connectivity index (χ4v) is 2.63. The Morgan fingerprint density at radius 3 is 2.48 bits per heavy atom. The highest BCUT2D eigenvalue weighted by Gasteiger charge is 2.11. The van der Waals surface area contributed by atoms with Crippen molar-refractivity contribution < 1.29 is 9.59 Å². The number of nitrogens with zero attached hydrogens (tertiary/aromatic N) is 1. The minimum Gasteiger partial charge on any atom is -0.351 e. The predicted octanol–water partition coefficient (Wildman–Crippen LogP) is 1.19. The third-order valence-corrected chi connectivity index (χ3v) is 3.95. The maximum Gasteiger partial charge on any atom is 0.251 e. The number of benzene rings is 1. The monoisotopic (exact) mass is 318 g/mol. The van der Waals surface area contributed by atoms with Crippen molar-refractivity contribution >= 4 is 17.5 Å². The van der Waals surface area contributed by atoms with Crippen molar-refractivity contribution in [1.82, 2.24) is 10.2 Å².